The quantitative estimate of drug-likeness (QED) is 0.366. The summed E-state index contributed by atoms with van der Waals surface area (Å²) in [6.45, 7) is 1.99. The number of nitro benzene ring substituents is 1. The van der Waals surface area contributed by atoms with Crippen molar-refractivity contribution in [3.05, 3.63) is 64.2 Å². The van der Waals surface area contributed by atoms with E-state index in [-0.39, 0.29) is 15.9 Å². The summed E-state index contributed by atoms with van der Waals surface area (Å²) in [5, 5.41) is 20.2. The maximum Gasteiger partial charge on any atom is 0.269 e. The van der Waals surface area contributed by atoms with Gasteiger partial charge in [0.15, 0.2) is 11.0 Å². The average molecular weight is 370 g/mol. The van der Waals surface area contributed by atoms with Crippen molar-refractivity contribution in [2.24, 2.45) is 7.05 Å². The molecule has 0 aliphatic carbocycles. The highest BCUT2D eigenvalue weighted by Gasteiger charge is 2.17. The SMILES string of the molecule is COc1ccc(-c2nnc(S[C@H](C)c3cccc([N+](=O)[O-])c3)n2C)cc1. The molecule has 0 fully saturated rings. The van der Waals surface area contributed by atoms with Gasteiger partial charge in [-0.3, -0.25) is 10.1 Å². The Morgan fingerprint density at radius 3 is 2.58 bits per heavy atom. The largest absolute Gasteiger partial charge is 0.497 e. The number of hydrogen-bond donors (Lipinski definition) is 0. The zero-order chi connectivity index (χ0) is 18.7. The number of nitrogens with zero attached hydrogens (tertiary/aromatic N) is 4. The Balaban J connectivity index is 1.81. The van der Waals surface area contributed by atoms with Crippen molar-refractivity contribution in [3.63, 3.8) is 0 Å². The first-order valence-corrected chi connectivity index (χ1v) is 8.82. The number of non-ortho nitro benzene ring substituents is 1. The van der Waals surface area contributed by atoms with Crippen LogP contribution in [0.5, 0.6) is 5.75 Å². The van der Waals surface area contributed by atoms with Crippen LogP contribution in [0, 0.1) is 10.1 Å². The second-order valence-electron chi connectivity index (χ2n) is 5.71. The maximum absolute atomic E-state index is 11.0. The number of hydrogen-bond acceptors (Lipinski definition) is 6. The van der Waals surface area contributed by atoms with Crippen molar-refractivity contribution in [1.29, 1.82) is 0 Å². The Bertz CT molecular complexity index is 924. The van der Waals surface area contributed by atoms with E-state index in [9.17, 15) is 10.1 Å². The van der Waals surface area contributed by atoms with E-state index in [1.165, 1.54) is 17.8 Å². The molecule has 0 bridgehead atoms. The van der Waals surface area contributed by atoms with Crippen molar-refractivity contribution < 1.29 is 9.66 Å². The van der Waals surface area contributed by atoms with E-state index in [4.69, 9.17) is 4.74 Å². The van der Waals surface area contributed by atoms with Gasteiger partial charge in [0.2, 0.25) is 0 Å². The standard InChI is InChI=1S/C18H18N4O3S/c1-12(14-5-4-6-15(11-14)22(23)24)26-18-20-19-17(21(18)2)13-7-9-16(25-3)10-8-13/h4-12H,1-3H3/t12-/m1/s1. The number of thioether (sulfide) groups is 1. The molecule has 0 aliphatic heterocycles. The summed E-state index contributed by atoms with van der Waals surface area (Å²) in [6, 6.07) is 14.3. The third kappa shape index (κ3) is 3.70. The van der Waals surface area contributed by atoms with Gasteiger partial charge in [0, 0.05) is 30.0 Å². The third-order valence-corrected chi connectivity index (χ3v) is 5.21. The predicted octanol–water partition coefficient (Wildman–Crippen LogP) is 4.25. The lowest BCUT2D eigenvalue weighted by atomic mass is 10.1. The van der Waals surface area contributed by atoms with Crippen LogP contribution in [0.25, 0.3) is 11.4 Å². The lowest BCUT2D eigenvalue weighted by molar-refractivity contribution is -0.384. The highest BCUT2D eigenvalue weighted by Crippen LogP contribution is 2.36. The Hall–Kier alpha value is -2.87. The van der Waals surface area contributed by atoms with Crippen LogP contribution in [0.4, 0.5) is 5.69 Å². The maximum atomic E-state index is 11.0. The van der Waals surface area contributed by atoms with Crippen LogP contribution in [0.1, 0.15) is 17.7 Å². The van der Waals surface area contributed by atoms with Gasteiger partial charge in [-0.15, -0.1) is 10.2 Å². The Kier molecular flexibility index (Phi) is 5.22. The zero-order valence-corrected chi connectivity index (χ0v) is 15.4. The summed E-state index contributed by atoms with van der Waals surface area (Å²) in [6.07, 6.45) is 0. The lowest BCUT2D eigenvalue weighted by Gasteiger charge is -2.11. The molecule has 1 atom stereocenters. The second-order valence-corrected chi connectivity index (χ2v) is 7.01. The van der Waals surface area contributed by atoms with Crippen LogP contribution in [0.2, 0.25) is 0 Å². The summed E-state index contributed by atoms with van der Waals surface area (Å²) >= 11 is 1.51. The summed E-state index contributed by atoms with van der Waals surface area (Å²) in [4.78, 5) is 10.6. The van der Waals surface area contributed by atoms with Gasteiger partial charge in [-0.25, -0.2) is 0 Å². The number of nitro groups is 1. The van der Waals surface area contributed by atoms with Crippen LogP contribution in [0.15, 0.2) is 53.7 Å². The summed E-state index contributed by atoms with van der Waals surface area (Å²) < 4.78 is 7.09. The minimum absolute atomic E-state index is 0.00140. The topological polar surface area (TPSA) is 83.1 Å². The minimum atomic E-state index is -0.384. The molecule has 0 aliphatic rings. The molecule has 0 saturated carbocycles. The van der Waals surface area contributed by atoms with Gasteiger partial charge in [0.05, 0.1) is 12.0 Å². The fourth-order valence-electron chi connectivity index (χ4n) is 2.53. The molecule has 3 rings (SSSR count). The van der Waals surface area contributed by atoms with Gasteiger partial charge in [-0.05, 0) is 36.8 Å². The van der Waals surface area contributed by atoms with E-state index >= 15 is 0 Å². The highest BCUT2D eigenvalue weighted by atomic mass is 32.2. The molecule has 134 valence electrons. The molecule has 0 spiro atoms. The Morgan fingerprint density at radius 1 is 1.19 bits per heavy atom. The van der Waals surface area contributed by atoms with Gasteiger partial charge in [-0.2, -0.15) is 0 Å². The number of rotatable bonds is 6. The average Bonchev–Trinajstić information content (AvgIpc) is 3.02. The van der Waals surface area contributed by atoms with Gasteiger partial charge in [0.1, 0.15) is 5.75 Å². The molecule has 26 heavy (non-hydrogen) atoms. The summed E-state index contributed by atoms with van der Waals surface area (Å²) in [5.74, 6) is 1.53. The molecular weight excluding hydrogens is 352 g/mol. The van der Waals surface area contributed by atoms with Gasteiger partial charge >= 0.3 is 0 Å². The first-order valence-electron chi connectivity index (χ1n) is 7.94. The van der Waals surface area contributed by atoms with E-state index in [0.29, 0.717) is 0 Å². The molecular formula is C18H18N4O3S. The van der Waals surface area contributed by atoms with Gasteiger partial charge in [-0.1, -0.05) is 23.9 Å². The predicted molar refractivity (Wildman–Crippen MR) is 100 cm³/mol. The van der Waals surface area contributed by atoms with E-state index < -0.39 is 0 Å². The molecule has 0 amide bonds. The van der Waals surface area contributed by atoms with E-state index in [1.54, 1.807) is 19.2 Å². The molecule has 3 aromatic rings. The molecule has 8 heteroatoms. The first kappa shape index (κ1) is 17.9. The first-order chi connectivity index (χ1) is 12.5. The molecule has 0 saturated heterocycles. The monoisotopic (exact) mass is 370 g/mol. The third-order valence-electron chi connectivity index (χ3n) is 4.02. The number of benzene rings is 2. The zero-order valence-electron chi connectivity index (χ0n) is 14.6. The molecule has 0 unspecified atom stereocenters. The van der Waals surface area contributed by atoms with Crippen molar-refractivity contribution in [2.45, 2.75) is 17.3 Å². The van der Waals surface area contributed by atoms with Crippen molar-refractivity contribution in [1.82, 2.24) is 14.8 Å². The van der Waals surface area contributed by atoms with Crippen molar-refractivity contribution in [3.8, 4) is 17.1 Å². The van der Waals surface area contributed by atoms with Crippen molar-refractivity contribution in [2.75, 3.05) is 7.11 Å². The Labute approximate surface area is 155 Å². The molecule has 0 radical (unpaired) electrons. The normalized spacial score (nSPS) is 12.0. The van der Waals surface area contributed by atoms with Gasteiger partial charge < -0.3 is 9.30 Å². The van der Waals surface area contributed by atoms with E-state index in [2.05, 4.69) is 10.2 Å². The molecule has 7 nitrogen and oxygen atoms in total. The van der Waals surface area contributed by atoms with Crippen LogP contribution >= 0.6 is 11.8 Å². The molecule has 1 heterocycles. The number of aromatic nitrogens is 3. The number of methoxy groups -OCH3 is 1. The molecule has 0 N–H and O–H groups in total. The molecule has 2 aromatic carbocycles. The smallest absolute Gasteiger partial charge is 0.269 e. The summed E-state index contributed by atoms with van der Waals surface area (Å²) in [7, 11) is 3.53. The highest BCUT2D eigenvalue weighted by molar-refractivity contribution is 7.99. The lowest BCUT2D eigenvalue weighted by Crippen LogP contribution is -1.97. The van der Waals surface area contributed by atoms with Crippen molar-refractivity contribution >= 4 is 17.4 Å². The van der Waals surface area contributed by atoms with Crippen LogP contribution in [-0.4, -0.2) is 26.8 Å². The van der Waals surface area contributed by atoms with Crippen LogP contribution in [-0.2, 0) is 7.05 Å². The van der Waals surface area contributed by atoms with Gasteiger partial charge in [0.25, 0.3) is 5.69 Å². The van der Waals surface area contributed by atoms with Crippen LogP contribution in [0.3, 0.4) is 0 Å². The summed E-state index contributed by atoms with van der Waals surface area (Å²) in [5.41, 5.74) is 1.90. The number of ether oxygens (including phenoxy) is 1. The molecule has 1 aromatic heterocycles. The fraction of sp³-hybridized carbons (Fsp3) is 0.222. The minimum Gasteiger partial charge on any atom is -0.497 e. The van der Waals surface area contributed by atoms with E-state index in [0.717, 1.165) is 27.9 Å². The fourth-order valence-corrected chi connectivity index (χ4v) is 3.46. The van der Waals surface area contributed by atoms with E-state index in [1.807, 2.05) is 48.9 Å². The second kappa shape index (κ2) is 7.57. The van der Waals surface area contributed by atoms with Crippen LogP contribution < -0.4 is 4.74 Å². The Morgan fingerprint density at radius 2 is 1.92 bits per heavy atom.